The smallest absolute Gasteiger partial charge is 0.229 e. The van der Waals surface area contributed by atoms with Crippen molar-refractivity contribution in [3.05, 3.63) is 24.4 Å². The number of nitrogens with zero attached hydrogens (tertiary/aromatic N) is 1. The Balaban J connectivity index is 2.08. The molecule has 74 valence electrons. The maximum Gasteiger partial charge on any atom is 0.240 e. The summed E-state index contributed by atoms with van der Waals surface area (Å²) >= 11 is 1.69. The van der Waals surface area contributed by atoms with Crippen LogP contribution in [0.4, 0.5) is 0 Å². The molecule has 0 unspecified atom stereocenters. The van der Waals surface area contributed by atoms with Crippen molar-refractivity contribution in [2.24, 2.45) is 0 Å². The van der Waals surface area contributed by atoms with Crippen molar-refractivity contribution in [2.45, 2.75) is 16.3 Å². The number of hydrogen-bond donors (Lipinski definition) is 0. The molecule has 5 heteroatoms. The van der Waals surface area contributed by atoms with Crippen LogP contribution in [0.25, 0.3) is 0 Å². The largest absolute Gasteiger partial charge is 0.240 e. The second kappa shape index (κ2) is 2.73. The molecule has 0 saturated carbocycles. The van der Waals surface area contributed by atoms with E-state index in [1.54, 1.807) is 11.8 Å². The van der Waals surface area contributed by atoms with Crippen molar-refractivity contribution in [1.82, 2.24) is 0 Å². The number of pyridine rings is 1. The van der Waals surface area contributed by atoms with Gasteiger partial charge in [0.25, 0.3) is 0 Å². The zero-order chi connectivity index (χ0) is 9.76. The summed E-state index contributed by atoms with van der Waals surface area (Å²) in [4.78, 5) is 0. The molecular weight excluding hydrogens is 218 g/mol. The molecule has 0 spiro atoms. The standard InChI is InChI=1S/C9H10NO2S2/c11-14(12)5-7-8(6-14)13-9-3-1-2-4-10(7)9/h1-4,7-8H,5-6H2/q+1/t7-,8+/m1/s1. The Morgan fingerprint density at radius 2 is 2.21 bits per heavy atom. The third kappa shape index (κ3) is 1.19. The highest BCUT2D eigenvalue weighted by molar-refractivity contribution is 8.01. The molecule has 0 N–H and O–H groups in total. The summed E-state index contributed by atoms with van der Waals surface area (Å²) < 4.78 is 25.0. The number of thioether (sulfide) groups is 1. The van der Waals surface area contributed by atoms with Gasteiger partial charge in [-0.15, -0.1) is 0 Å². The molecule has 0 aromatic carbocycles. The number of fused-ring (bicyclic) bond motifs is 3. The van der Waals surface area contributed by atoms with Crippen molar-refractivity contribution in [2.75, 3.05) is 11.5 Å². The van der Waals surface area contributed by atoms with Gasteiger partial charge in [0.05, 0.1) is 11.0 Å². The van der Waals surface area contributed by atoms with Gasteiger partial charge in [-0.25, -0.2) is 8.42 Å². The molecule has 2 aliphatic rings. The monoisotopic (exact) mass is 228 g/mol. The minimum Gasteiger partial charge on any atom is -0.229 e. The molecule has 0 bridgehead atoms. The number of rotatable bonds is 0. The average Bonchev–Trinajstić information content (AvgIpc) is 2.56. The summed E-state index contributed by atoms with van der Waals surface area (Å²) in [6, 6.07) is 6.17. The Hall–Kier alpha value is -0.550. The lowest BCUT2D eigenvalue weighted by molar-refractivity contribution is -0.745. The molecule has 3 rings (SSSR count). The van der Waals surface area contributed by atoms with Crippen LogP contribution in [0.15, 0.2) is 29.4 Å². The lowest BCUT2D eigenvalue weighted by atomic mass is 10.2. The van der Waals surface area contributed by atoms with E-state index in [2.05, 4.69) is 10.6 Å². The first kappa shape index (κ1) is 8.73. The van der Waals surface area contributed by atoms with Gasteiger partial charge in [0.15, 0.2) is 22.1 Å². The fourth-order valence-electron chi connectivity index (χ4n) is 2.14. The Labute approximate surface area is 87.1 Å². The normalized spacial score (nSPS) is 32.6. The predicted octanol–water partition coefficient (Wildman–Crippen LogP) is 0.418. The Bertz CT molecular complexity index is 483. The first-order valence-corrected chi connectivity index (χ1v) is 7.23. The van der Waals surface area contributed by atoms with Crippen molar-refractivity contribution < 1.29 is 13.0 Å². The highest BCUT2D eigenvalue weighted by Crippen LogP contribution is 2.39. The fraction of sp³-hybridized carbons (Fsp3) is 0.444. The topological polar surface area (TPSA) is 38.0 Å². The molecule has 0 amide bonds. The molecule has 14 heavy (non-hydrogen) atoms. The Morgan fingerprint density at radius 1 is 1.36 bits per heavy atom. The molecule has 3 heterocycles. The molecular formula is C9H10NO2S2+. The van der Waals surface area contributed by atoms with Crippen molar-refractivity contribution >= 4 is 21.6 Å². The first-order valence-electron chi connectivity index (χ1n) is 4.53. The van der Waals surface area contributed by atoms with Gasteiger partial charge in [0.1, 0.15) is 5.75 Å². The van der Waals surface area contributed by atoms with Crippen LogP contribution >= 0.6 is 11.8 Å². The Kier molecular flexibility index (Phi) is 1.70. The maximum absolute atomic E-state index is 11.4. The number of aromatic nitrogens is 1. The summed E-state index contributed by atoms with van der Waals surface area (Å²) in [5, 5.41) is 1.43. The molecule has 2 atom stereocenters. The van der Waals surface area contributed by atoms with E-state index in [4.69, 9.17) is 0 Å². The zero-order valence-corrected chi connectivity index (χ0v) is 9.09. The zero-order valence-electron chi connectivity index (χ0n) is 7.46. The van der Waals surface area contributed by atoms with Gasteiger partial charge < -0.3 is 0 Å². The van der Waals surface area contributed by atoms with Crippen LogP contribution in [-0.4, -0.2) is 25.2 Å². The average molecular weight is 228 g/mol. The van der Waals surface area contributed by atoms with Crippen LogP contribution in [0, 0.1) is 0 Å². The number of sulfone groups is 1. The van der Waals surface area contributed by atoms with E-state index in [0.717, 1.165) is 0 Å². The van der Waals surface area contributed by atoms with Crippen LogP contribution in [-0.2, 0) is 9.84 Å². The summed E-state index contributed by atoms with van der Waals surface area (Å²) in [7, 11) is -2.79. The molecule has 1 fully saturated rings. The number of hydrogen-bond acceptors (Lipinski definition) is 3. The van der Waals surface area contributed by atoms with Gasteiger partial charge in [-0.3, -0.25) is 0 Å². The van der Waals surface area contributed by atoms with Crippen molar-refractivity contribution in [3.63, 3.8) is 0 Å². The van der Waals surface area contributed by atoms with Gasteiger partial charge in [-0.1, -0.05) is 0 Å². The highest BCUT2D eigenvalue weighted by atomic mass is 32.2. The molecule has 2 aliphatic heterocycles. The van der Waals surface area contributed by atoms with Crippen LogP contribution in [0.3, 0.4) is 0 Å². The van der Waals surface area contributed by atoms with Gasteiger partial charge in [-0.2, -0.15) is 4.57 Å². The Morgan fingerprint density at radius 3 is 3.07 bits per heavy atom. The molecule has 1 aromatic rings. The third-order valence-corrected chi connectivity index (χ3v) is 6.05. The van der Waals surface area contributed by atoms with Gasteiger partial charge in [0, 0.05) is 12.1 Å². The molecule has 0 aliphatic carbocycles. The van der Waals surface area contributed by atoms with E-state index >= 15 is 0 Å². The molecule has 0 radical (unpaired) electrons. The van der Waals surface area contributed by atoms with Gasteiger partial charge in [-0.05, 0) is 17.8 Å². The molecule has 1 saturated heterocycles. The second-order valence-electron chi connectivity index (χ2n) is 3.75. The SMILES string of the molecule is O=S1(=O)C[C@@H]2Sc3cccc[n+]3[C@@H]2C1. The third-order valence-electron chi connectivity index (χ3n) is 2.75. The minimum absolute atomic E-state index is 0.168. The van der Waals surface area contributed by atoms with Crippen LogP contribution in [0.2, 0.25) is 0 Å². The van der Waals surface area contributed by atoms with E-state index in [0.29, 0.717) is 11.5 Å². The first-order chi connectivity index (χ1) is 6.66. The summed E-state index contributed by atoms with van der Waals surface area (Å²) in [5.41, 5.74) is 0. The summed E-state index contributed by atoms with van der Waals surface area (Å²) in [6.07, 6.45) is 1.98. The molecule has 1 aromatic heterocycles. The summed E-state index contributed by atoms with van der Waals surface area (Å²) in [6.45, 7) is 0. The highest BCUT2D eigenvalue weighted by Gasteiger charge is 2.50. The summed E-state index contributed by atoms with van der Waals surface area (Å²) in [5.74, 6) is 0.649. The molecule has 3 nitrogen and oxygen atoms in total. The van der Waals surface area contributed by atoms with Gasteiger partial charge in [0.2, 0.25) is 5.03 Å². The quantitative estimate of drug-likeness (QED) is 0.604. The minimum atomic E-state index is -2.79. The lowest BCUT2D eigenvalue weighted by Crippen LogP contribution is -2.40. The second-order valence-corrected chi connectivity index (χ2v) is 7.16. The van der Waals surface area contributed by atoms with E-state index in [1.165, 1.54) is 5.03 Å². The van der Waals surface area contributed by atoms with E-state index in [-0.39, 0.29) is 11.3 Å². The van der Waals surface area contributed by atoms with Crippen molar-refractivity contribution in [3.8, 4) is 0 Å². The van der Waals surface area contributed by atoms with E-state index < -0.39 is 9.84 Å². The predicted molar refractivity (Wildman–Crippen MR) is 54.0 cm³/mol. The van der Waals surface area contributed by atoms with Crippen LogP contribution in [0.5, 0.6) is 0 Å². The van der Waals surface area contributed by atoms with Gasteiger partial charge >= 0.3 is 0 Å². The maximum atomic E-state index is 11.4. The van der Waals surface area contributed by atoms with Crippen LogP contribution < -0.4 is 4.57 Å². The fourth-order valence-corrected chi connectivity index (χ4v) is 6.10. The van der Waals surface area contributed by atoms with Crippen LogP contribution in [0.1, 0.15) is 6.04 Å². The van der Waals surface area contributed by atoms with Crippen molar-refractivity contribution in [1.29, 1.82) is 0 Å². The van der Waals surface area contributed by atoms with E-state index in [1.807, 2.05) is 18.3 Å². The lowest BCUT2D eigenvalue weighted by Gasteiger charge is -1.98. The van der Waals surface area contributed by atoms with E-state index in [9.17, 15) is 8.42 Å².